The van der Waals surface area contributed by atoms with Crippen LogP contribution in [0.15, 0.2) is 6.07 Å². The molecule has 3 nitrogen and oxygen atoms in total. The Kier molecular flexibility index (Phi) is 5.28. The molecule has 1 aromatic rings. The third kappa shape index (κ3) is 3.22. The highest BCUT2D eigenvalue weighted by atomic mass is 127. The summed E-state index contributed by atoms with van der Waals surface area (Å²) in [6, 6.07) is 1.49. The molecule has 0 amide bonds. The fourth-order valence-electron chi connectivity index (χ4n) is 0.976. The Bertz CT molecular complexity index is 413. The molecular weight excluding hydrogens is 446 g/mol. The molecule has 0 aliphatic heterocycles. The van der Waals surface area contributed by atoms with Gasteiger partial charge in [0.1, 0.15) is 5.69 Å². The van der Waals surface area contributed by atoms with Gasteiger partial charge >= 0.3 is 5.97 Å². The molecule has 0 saturated carbocycles. The van der Waals surface area contributed by atoms with E-state index in [1.807, 2.05) is 22.6 Å². The second-order valence-corrected chi connectivity index (χ2v) is 5.03. The lowest BCUT2D eigenvalue weighted by Crippen LogP contribution is -2.12. The summed E-state index contributed by atoms with van der Waals surface area (Å²) in [4.78, 5) is 15.1. The molecule has 88 valence electrons. The Morgan fingerprint density at radius 2 is 2.12 bits per heavy atom. The molecule has 1 aromatic heterocycles. The molecule has 0 aromatic carbocycles. The summed E-state index contributed by atoms with van der Waals surface area (Å²) >= 11 is 3.63. The van der Waals surface area contributed by atoms with E-state index in [0.717, 1.165) is 0 Å². The first-order valence-corrected chi connectivity index (χ1v) is 6.44. The number of rotatable bonds is 3. The first kappa shape index (κ1) is 14.0. The summed E-state index contributed by atoms with van der Waals surface area (Å²) in [5, 5.41) is 0. The van der Waals surface area contributed by atoms with Crippen LogP contribution >= 0.6 is 45.2 Å². The zero-order valence-electron chi connectivity index (χ0n) is 8.14. The van der Waals surface area contributed by atoms with Crippen molar-refractivity contribution >= 4 is 51.2 Å². The molecule has 1 rings (SSSR count). The van der Waals surface area contributed by atoms with Gasteiger partial charge in [-0.25, -0.2) is 18.6 Å². The second kappa shape index (κ2) is 6.03. The van der Waals surface area contributed by atoms with Crippen LogP contribution in [0.3, 0.4) is 0 Å². The van der Waals surface area contributed by atoms with E-state index in [-0.39, 0.29) is 18.0 Å². The quantitative estimate of drug-likeness (QED) is 0.521. The number of alkyl halides is 2. The van der Waals surface area contributed by atoms with Crippen LogP contribution in [-0.2, 0) is 4.74 Å². The van der Waals surface area contributed by atoms with Gasteiger partial charge in [0, 0.05) is 7.14 Å². The van der Waals surface area contributed by atoms with Crippen molar-refractivity contribution in [1.29, 1.82) is 0 Å². The van der Waals surface area contributed by atoms with Crippen molar-refractivity contribution in [3.05, 3.63) is 24.6 Å². The first-order valence-electron chi connectivity index (χ1n) is 4.28. The van der Waals surface area contributed by atoms with Crippen LogP contribution in [0.5, 0.6) is 0 Å². The Morgan fingerprint density at radius 1 is 1.50 bits per heavy atom. The highest BCUT2D eigenvalue weighted by Gasteiger charge is 2.20. The minimum Gasteiger partial charge on any atom is -0.461 e. The lowest BCUT2D eigenvalue weighted by molar-refractivity contribution is 0.0516. The van der Waals surface area contributed by atoms with Gasteiger partial charge in [0.25, 0.3) is 6.43 Å². The van der Waals surface area contributed by atoms with E-state index in [1.165, 1.54) is 6.07 Å². The van der Waals surface area contributed by atoms with Crippen LogP contribution in [0.4, 0.5) is 8.78 Å². The number of carbonyl (C=O) groups is 1. The van der Waals surface area contributed by atoms with Gasteiger partial charge < -0.3 is 4.74 Å². The van der Waals surface area contributed by atoms with E-state index in [1.54, 1.807) is 29.5 Å². The summed E-state index contributed by atoms with van der Waals surface area (Å²) in [5.74, 6) is -0.676. The van der Waals surface area contributed by atoms with E-state index < -0.39 is 12.4 Å². The van der Waals surface area contributed by atoms with Gasteiger partial charge in [0.05, 0.1) is 6.61 Å². The molecule has 0 saturated heterocycles. The Balaban J connectivity index is 3.19. The number of nitrogens with zero attached hydrogens (tertiary/aromatic N) is 1. The predicted octanol–water partition coefficient (Wildman–Crippen LogP) is 3.41. The molecule has 0 aliphatic rings. The molecule has 0 N–H and O–H groups in total. The van der Waals surface area contributed by atoms with Crippen LogP contribution < -0.4 is 0 Å². The lowest BCUT2D eigenvalue weighted by atomic mass is 10.3. The Labute approximate surface area is 118 Å². The second-order valence-electron chi connectivity index (χ2n) is 2.71. The summed E-state index contributed by atoms with van der Waals surface area (Å²) < 4.78 is 30.7. The molecular formula is C9H7F2I2NO2. The van der Waals surface area contributed by atoms with Crippen LogP contribution in [0.2, 0.25) is 0 Å². The maximum atomic E-state index is 12.6. The topological polar surface area (TPSA) is 39.2 Å². The van der Waals surface area contributed by atoms with Crippen molar-refractivity contribution < 1.29 is 18.3 Å². The van der Waals surface area contributed by atoms with Gasteiger partial charge in [-0.05, 0) is 58.2 Å². The number of pyridine rings is 1. The van der Waals surface area contributed by atoms with Crippen LogP contribution in [0.1, 0.15) is 29.5 Å². The van der Waals surface area contributed by atoms with Gasteiger partial charge in [-0.3, -0.25) is 0 Å². The standard InChI is InChI=1S/C9H7F2I2NO2/c1-2-16-9(15)7-5(13)3-4(12)6(14-7)8(10)11/h3,8H,2H2,1H3. The number of esters is 1. The smallest absolute Gasteiger partial charge is 0.358 e. The highest BCUT2D eigenvalue weighted by Crippen LogP contribution is 2.25. The lowest BCUT2D eigenvalue weighted by Gasteiger charge is -2.08. The number of ether oxygens (including phenoxy) is 1. The maximum absolute atomic E-state index is 12.6. The number of aromatic nitrogens is 1. The van der Waals surface area contributed by atoms with Crippen LogP contribution in [0.25, 0.3) is 0 Å². The Morgan fingerprint density at radius 3 is 2.62 bits per heavy atom. The monoisotopic (exact) mass is 453 g/mol. The van der Waals surface area contributed by atoms with E-state index in [0.29, 0.717) is 7.14 Å². The normalized spacial score (nSPS) is 10.6. The first-order chi connectivity index (χ1) is 7.47. The number of hydrogen-bond acceptors (Lipinski definition) is 3. The molecule has 7 heteroatoms. The van der Waals surface area contributed by atoms with E-state index in [9.17, 15) is 13.6 Å². The molecule has 0 bridgehead atoms. The fraction of sp³-hybridized carbons (Fsp3) is 0.333. The average Bonchev–Trinajstić information content (AvgIpc) is 2.17. The predicted molar refractivity (Wildman–Crippen MR) is 70.6 cm³/mol. The summed E-state index contributed by atoms with van der Waals surface area (Å²) in [5.41, 5.74) is -0.442. The number of halogens is 4. The van der Waals surface area contributed by atoms with E-state index >= 15 is 0 Å². The molecule has 16 heavy (non-hydrogen) atoms. The maximum Gasteiger partial charge on any atom is 0.358 e. The molecule has 0 atom stereocenters. The van der Waals surface area contributed by atoms with E-state index in [4.69, 9.17) is 4.74 Å². The van der Waals surface area contributed by atoms with Crippen molar-refractivity contribution in [2.24, 2.45) is 0 Å². The van der Waals surface area contributed by atoms with Crippen molar-refractivity contribution in [2.75, 3.05) is 6.61 Å². The summed E-state index contributed by atoms with van der Waals surface area (Å²) in [6.07, 6.45) is -2.70. The van der Waals surface area contributed by atoms with Gasteiger partial charge in [-0.2, -0.15) is 0 Å². The SMILES string of the molecule is CCOC(=O)c1nc(C(F)F)c(I)cc1I. The zero-order chi connectivity index (χ0) is 12.3. The molecule has 0 spiro atoms. The van der Waals surface area contributed by atoms with Gasteiger partial charge in [0.15, 0.2) is 5.69 Å². The molecule has 1 heterocycles. The largest absolute Gasteiger partial charge is 0.461 e. The molecule has 0 unspecified atom stereocenters. The minimum atomic E-state index is -2.70. The molecule has 0 radical (unpaired) electrons. The zero-order valence-corrected chi connectivity index (χ0v) is 12.5. The third-order valence-electron chi connectivity index (χ3n) is 1.63. The van der Waals surface area contributed by atoms with Crippen molar-refractivity contribution in [1.82, 2.24) is 4.98 Å². The van der Waals surface area contributed by atoms with Gasteiger partial charge in [-0.15, -0.1) is 0 Å². The van der Waals surface area contributed by atoms with Gasteiger partial charge in [0.2, 0.25) is 0 Å². The van der Waals surface area contributed by atoms with E-state index in [2.05, 4.69) is 4.98 Å². The fourth-order valence-corrected chi connectivity index (χ4v) is 2.89. The van der Waals surface area contributed by atoms with Gasteiger partial charge in [-0.1, -0.05) is 0 Å². The highest BCUT2D eigenvalue weighted by molar-refractivity contribution is 14.1. The van der Waals surface area contributed by atoms with Crippen molar-refractivity contribution in [3.8, 4) is 0 Å². The Hall–Kier alpha value is -0.0600. The number of hydrogen-bond donors (Lipinski definition) is 0. The van der Waals surface area contributed by atoms with Crippen LogP contribution in [0, 0.1) is 7.14 Å². The summed E-state index contributed by atoms with van der Waals surface area (Å²) in [7, 11) is 0. The van der Waals surface area contributed by atoms with Crippen molar-refractivity contribution in [2.45, 2.75) is 13.3 Å². The minimum absolute atomic E-state index is 0.0573. The average molecular weight is 453 g/mol. The number of carbonyl (C=O) groups excluding carboxylic acids is 1. The third-order valence-corrected chi connectivity index (χ3v) is 3.32. The summed E-state index contributed by atoms with van der Waals surface area (Å²) in [6.45, 7) is 1.83. The molecule has 0 aliphatic carbocycles. The van der Waals surface area contributed by atoms with Crippen LogP contribution in [-0.4, -0.2) is 17.6 Å². The van der Waals surface area contributed by atoms with Crippen molar-refractivity contribution in [3.63, 3.8) is 0 Å². The molecule has 0 fully saturated rings.